The minimum absolute atomic E-state index is 0.325. The molecule has 1 unspecified atom stereocenters. The molecule has 0 aliphatic rings. The molecule has 1 atom stereocenters. The van der Waals surface area contributed by atoms with Gasteiger partial charge in [0.15, 0.2) is 5.85 Å². The molecule has 0 fully saturated rings. The Morgan fingerprint density at radius 2 is 2.00 bits per heavy atom. The number of nitrogens with zero attached hydrogens (tertiary/aromatic N) is 1. The fraction of sp³-hybridized carbons (Fsp3) is 1.00. The average Bonchev–Trinajstić information content (AvgIpc) is 1.88. The fourth-order valence-corrected chi connectivity index (χ4v) is 0.706. The van der Waals surface area contributed by atoms with E-state index in [2.05, 4.69) is 5.32 Å². The van der Waals surface area contributed by atoms with Gasteiger partial charge in [-0.1, -0.05) is 0 Å². The second kappa shape index (κ2) is 3.91. The van der Waals surface area contributed by atoms with Gasteiger partial charge in [0.1, 0.15) is 0 Å². The van der Waals surface area contributed by atoms with Crippen molar-refractivity contribution in [3.63, 3.8) is 0 Å². The van der Waals surface area contributed by atoms with Crippen LogP contribution in [0.25, 0.3) is 0 Å². The van der Waals surface area contributed by atoms with Crippen molar-refractivity contribution in [3.05, 3.63) is 0 Å². The lowest BCUT2D eigenvalue weighted by Gasteiger charge is -2.35. The van der Waals surface area contributed by atoms with Crippen LogP contribution in [0.1, 0.15) is 13.8 Å². The molecule has 0 saturated heterocycles. The third-order valence-corrected chi connectivity index (χ3v) is 1.74. The van der Waals surface area contributed by atoms with Crippen molar-refractivity contribution in [2.24, 2.45) is 0 Å². The van der Waals surface area contributed by atoms with Gasteiger partial charge in [-0.25, -0.2) is 0 Å². The van der Waals surface area contributed by atoms with Gasteiger partial charge in [-0.2, -0.15) is 0 Å². The molecule has 0 rings (SSSR count). The Kier molecular flexibility index (Phi) is 3.86. The lowest BCUT2D eigenvalue weighted by Crippen LogP contribution is -2.54. The van der Waals surface area contributed by atoms with Crippen LogP contribution in [0.3, 0.4) is 0 Å². The minimum Gasteiger partial charge on any atom is -0.348 e. The van der Waals surface area contributed by atoms with E-state index in [1.807, 2.05) is 39.9 Å². The molecule has 0 aliphatic carbocycles. The summed E-state index contributed by atoms with van der Waals surface area (Å²) in [6, 6.07) is 0. The van der Waals surface area contributed by atoms with Crippen molar-refractivity contribution in [1.82, 2.24) is 10.2 Å². The smallest absolute Gasteiger partial charge is 0.173 e. The topological polar surface area (TPSA) is 24.5 Å². The van der Waals surface area contributed by atoms with Crippen molar-refractivity contribution in [2.45, 2.75) is 19.7 Å². The van der Waals surface area contributed by atoms with Gasteiger partial charge in [-0.05, 0) is 35.0 Å². The highest BCUT2D eigenvalue weighted by atomic mass is 16.5. The van der Waals surface area contributed by atoms with Gasteiger partial charge in [0.25, 0.3) is 0 Å². The van der Waals surface area contributed by atoms with Crippen molar-refractivity contribution in [1.29, 1.82) is 0 Å². The van der Waals surface area contributed by atoms with E-state index in [1.54, 1.807) is 0 Å². The average molecular weight is 146 g/mol. The van der Waals surface area contributed by atoms with Gasteiger partial charge >= 0.3 is 0 Å². The zero-order valence-electron chi connectivity index (χ0n) is 7.56. The first-order valence-electron chi connectivity index (χ1n) is 3.57. The Balaban J connectivity index is 3.94. The maximum absolute atomic E-state index is 5.45. The number of ether oxygens (including phenoxy) is 1. The number of nitrogens with one attached hydrogen (secondary N) is 1. The maximum Gasteiger partial charge on any atom is 0.173 e. The molecule has 0 aromatic carbocycles. The maximum atomic E-state index is 5.45. The molecule has 0 bridgehead atoms. The van der Waals surface area contributed by atoms with Crippen LogP contribution >= 0.6 is 0 Å². The predicted molar refractivity (Wildman–Crippen MR) is 42.8 cm³/mol. The number of rotatable bonds is 4. The third-order valence-electron chi connectivity index (χ3n) is 1.74. The van der Waals surface area contributed by atoms with Crippen molar-refractivity contribution >= 4 is 0 Å². The van der Waals surface area contributed by atoms with Crippen LogP contribution in [0.2, 0.25) is 0 Å². The van der Waals surface area contributed by atoms with E-state index in [-0.39, 0.29) is 5.85 Å². The Morgan fingerprint density at radius 3 is 2.10 bits per heavy atom. The molecule has 0 radical (unpaired) electrons. The molecular weight excluding hydrogens is 128 g/mol. The Morgan fingerprint density at radius 1 is 1.50 bits per heavy atom. The Bertz CT molecular complexity index is 95.6. The monoisotopic (exact) mass is 146 g/mol. The van der Waals surface area contributed by atoms with Crippen LogP contribution < -0.4 is 5.32 Å². The standard InChI is InChI=1S/C7H18N2O/c1-6-10-7(2,8-3)9(4)5/h8H,6H2,1-5H3. The summed E-state index contributed by atoms with van der Waals surface area (Å²) in [7, 11) is 5.84. The summed E-state index contributed by atoms with van der Waals surface area (Å²) in [4.78, 5) is 2.00. The van der Waals surface area contributed by atoms with Crippen LogP contribution in [0, 0.1) is 0 Å². The molecule has 0 aliphatic heterocycles. The van der Waals surface area contributed by atoms with Crippen molar-refractivity contribution < 1.29 is 4.74 Å². The van der Waals surface area contributed by atoms with E-state index in [9.17, 15) is 0 Å². The first kappa shape index (κ1) is 9.88. The zero-order chi connectivity index (χ0) is 8.20. The minimum atomic E-state index is -0.325. The molecule has 62 valence electrons. The SMILES string of the molecule is CCOC(C)(NC)N(C)C. The van der Waals surface area contributed by atoms with Gasteiger partial charge in [0.2, 0.25) is 0 Å². The van der Waals surface area contributed by atoms with Crippen molar-refractivity contribution in [2.75, 3.05) is 27.7 Å². The zero-order valence-corrected chi connectivity index (χ0v) is 7.56. The molecule has 0 aromatic rings. The van der Waals surface area contributed by atoms with Gasteiger partial charge in [0, 0.05) is 6.61 Å². The van der Waals surface area contributed by atoms with Crippen molar-refractivity contribution in [3.8, 4) is 0 Å². The lowest BCUT2D eigenvalue weighted by atomic mass is 10.4. The quantitative estimate of drug-likeness (QED) is 0.584. The largest absolute Gasteiger partial charge is 0.348 e. The molecular formula is C7H18N2O. The molecule has 0 heterocycles. The van der Waals surface area contributed by atoms with E-state index >= 15 is 0 Å². The molecule has 0 amide bonds. The summed E-state index contributed by atoms with van der Waals surface area (Å²) in [5, 5.41) is 3.08. The molecule has 1 N–H and O–H groups in total. The highest BCUT2D eigenvalue weighted by Gasteiger charge is 2.23. The third kappa shape index (κ3) is 2.25. The van der Waals surface area contributed by atoms with Crippen LogP contribution in [0.5, 0.6) is 0 Å². The lowest BCUT2D eigenvalue weighted by molar-refractivity contribution is -0.139. The Hall–Kier alpha value is -0.120. The summed E-state index contributed by atoms with van der Waals surface area (Å²) >= 11 is 0. The summed E-state index contributed by atoms with van der Waals surface area (Å²) in [6.07, 6.45) is 0. The van der Waals surface area contributed by atoms with E-state index in [1.165, 1.54) is 0 Å². The molecule has 0 aromatic heterocycles. The van der Waals surface area contributed by atoms with Gasteiger partial charge < -0.3 is 4.74 Å². The summed E-state index contributed by atoms with van der Waals surface area (Å²) < 4.78 is 5.45. The van der Waals surface area contributed by atoms with Gasteiger partial charge in [-0.3, -0.25) is 10.2 Å². The molecule has 3 nitrogen and oxygen atoms in total. The Labute approximate surface area is 63.4 Å². The van der Waals surface area contributed by atoms with Crippen LogP contribution in [-0.2, 0) is 4.74 Å². The predicted octanol–water partition coefficient (Wildman–Crippen LogP) is 0.478. The number of hydrogen-bond acceptors (Lipinski definition) is 3. The number of hydrogen-bond donors (Lipinski definition) is 1. The second-order valence-corrected chi connectivity index (χ2v) is 2.56. The molecule has 10 heavy (non-hydrogen) atoms. The van der Waals surface area contributed by atoms with E-state index in [4.69, 9.17) is 4.74 Å². The van der Waals surface area contributed by atoms with Crippen LogP contribution in [0.4, 0.5) is 0 Å². The first-order chi connectivity index (χ1) is 4.56. The first-order valence-corrected chi connectivity index (χ1v) is 3.57. The molecule has 0 saturated carbocycles. The fourth-order valence-electron chi connectivity index (χ4n) is 0.706. The summed E-state index contributed by atoms with van der Waals surface area (Å²) in [5.41, 5.74) is 0. The van der Waals surface area contributed by atoms with E-state index in [0.29, 0.717) is 0 Å². The molecule has 3 heteroatoms. The van der Waals surface area contributed by atoms with Gasteiger partial charge in [-0.15, -0.1) is 0 Å². The van der Waals surface area contributed by atoms with E-state index < -0.39 is 0 Å². The van der Waals surface area contributed by atoms with Gasteiger partial charge in [0.05, 0.1) is 0 Å². The summed E-state index contributed by atoms with van der Waals surface area (Å²) in [6.45, 7) is 4.70. The van der Waals surface area contributed by atoms with Crippen LogP contribution in [-0.4, -0.2) is 38.5 Å². The van der Waals surface area contributed by atoms with Crippen LogP contribution in [0.15, 0.2) is 0 Å². The van der Waals surface area contributed by atoms with E-state index in [0.717, 1.165) is 6.61 Å². The second-order valence-electron chi connectivity index (χ2n) is 2.56. The highest BCUT2D eigenvalue weighted by Crippen LogP contribution is 2.06. The highest BCUT2D eigenvalue weighted by molar-refractivity contribution is 4.64. The molecule has 0 spiro atoms. The summed E-state index contributed by atoms with van der Waals surface area (Å²) in [5.74, 6) is -0.325. The normalized spacial score (nSPS) is 17.4.